The molecule has 1 atom stereocenters. The molecule has 0 spiro atoms. The highest BCUT2D eigenvalue weighted by atomic mass is 32.2. The minimum Gasteiger partial charge on any atom is -0.314 e. The number of hydrogen-bond acceptors (Lipinski definition) is 3. The van der Waals surface area contributed by atoms with Gasteiger partial charge >= 0.3 is 0 Å². The molecule has 2 N–H and O–H groups in total. The predicted octanol–water partition coefficient (Wildman–Crippen LogP) is 1.64. The molecule has 19 heavy (non-hydrogen) atoms. The van der Waals surface area contributed by atoms with Crippen LogP contribution in [-0.4, -0.2) is 26.8 Å². The minimum atomic E-state index is -3.17. The van der Waals surface area contributed by atoms with Crippen molar-refractivity contribution in [2.24, 2.45) is 0 Å². The summed E-state index contributed by atoms with van der Waals surface area (Å²) in [6.07, 6.45) is 4.20. The Morgan fingerprint density at radius 1 is 1.21 bits per heavy atom. The van der Waals surface area contributed by atoms with Crippen LogP contribution in [-0.2, 0) is 16.6 Å². The molecule has 1 aromatic rings. The molecule has 1 aliphatic rings. The first-order chi connectivity index (χ1) is 9.16. The normalized spacial score (nSPS) is 20.3. The lowest BCUT2D eigenvalue weighted by Crippen LogP contribution is -2.37. The largest absolute Gasteiger partial charge is 0.314 e. The van der Waals surface area contributed by atoms with E-state index in [1.165, 1.54) is 12.8 Å². The van der Waals surface area contributed by atoms with E-state index in [9.17, 15) is 8.42 Å². The lowest BCUT2D eigenvalue weighted by molar-refractivity contribution is 0.392. The van der Waals surface area contributed by atoms with Crippen molar-refractivity contribution in [3.8, 4) is 0 Å². The number of benzene rings is 1. The Kier molecular flexibility index (Phi) is 5.36. The van der Waals surface area contributed by atoms with Gasteiger partial charge in [0.25, 0.3) is 0 Å². The van der Waals surface area contributed by atoms with Gasteiger partial charge in [-0.1, -0.05) is 36.8 Å². The second kappa shape index (κ2) is 7.03. The fraction of sp³-hybridized carbons (Fsp3) is 0.571. The van der Waals surface area contributed by atoms with E-state index in [4.69, 9.17) is 0 Å². The van der Waals surface area contributed by atoms with E-state index in [0.29, 0.717) is 19.0 Å². The van der Waals surface area contributed by atoms with Gasteiger partial charge in [-0.3, -0.25) is 0 Å². The van der Waals surface area contributed by atoms with Crippen molar-refractivity contribution in [1.29, 1.82) is 0 Å². The summed E-state index contributed by atoms with van der Waals surface area (Å²) in [5.74, 6) is 0.206. The van der Waals surface area contributed by atoms with Gasteiger partial charge in [0.2, 0.25) is 10.0 Å². The van der Waals surface area contributed by atoms with Crippen molar-refractivity contribution in [2.75, 3.05) is 12.3 Å². The van der Waals surface area contributed by atoms with Crippen molar-refractivity contribution in [3.63, 3.8) is 0 Å². The molecule has 1 heterocycles. The zero-order chi connectivity index (χ0) is 13.6. The molecule has 1 aromatic carbocycles. The zero-order valence-corrected chi connectivity index (χ0v) is 12.0. The third-order valence-electron chi connectivity index (χ3n) is 3.49. The van der Waals surface area contributed by atoms with Crippen molar-refractivity contribution in [3.05, 3.63) is 35.9 Å². The average molecular weight is 282 g/mol. The van der Waals surface area contributed by atoms with E-state index >= 15 is 0 Å². The third-order valence-corrected chi connectivity index (χ3v) is 4.84. The summed E-state index contributed by atoms with van der Waals surface area (Å²) in [5.41, 5.74) is 0.988. The molecule has 0 radical (unpaired) electrons. The standard InChI is InChI=1S/C14H22N2O2S/c17-19(18,11-9-14-8-4-5-10-15-14)16-12-13-6-2-1-3-7-13/h1-3,6-7,14-16H,4-5,8-12H2. The summed E-state index contributed by atoms with van der Waals surface area (Å²) in [6, 6.07) is 9.95. The molecule has 4 nitrogen and oxygen atoms in total. The number of hydrogen-bond donors (Lipinski definition) is 2. The highest BCUT2D eigenvalue weighted by Gasteiger charge is 2.17. The Labute approximate surface area is 115 Å². The van der Waals surface area contributed by atoms with Crippen LogP contribution in [0.2, 0.25) is 0 Å². The van der Waals surface area contributed by atoms with Gasteiger partial charge in [0.15, 0.2) is 0 Å². The molecule has 5 heteroatoms. The topological polar surface area (TPSA) is 58.2 Å². The lowest BCUT2D eigenvalue weighted by atomic mass is 10.0. The lowest BCUT2D eigenvalue weighted by Gasteiger charge is -2.23. The van der Waals surface area contributed by atoms with E-state index in [0.717, 1.165) is 18.5 Å². The number of rotatable bonds is 6. The number of nitrogens with one attached hydrogen (secondary N) is 2. The SMILES string of the molecule is O=S(=O)(CCC1CCCCN1)NCc1ccccc1. The van der Waals surface area contributed by atoms with Crippen LogP contribution < -0.4 is 10.0 Å². The number of piperidine rings is 1. The van der Waals surface area contributed by atoms with Gasteiger partial charge in [0.1, 0.15) is 0 Å². The summed E-state index contributed by atoms with van der Waals surface area (Å²) in [4.78, 5) is 0. The van der Waals surface area contributed by atoms with Gasteiger partial charge in [0, 0.05) is 12.6 Å². The Balaban J connectivity index is 1.75. The van der Waals surface area contributed by atoms with Crippen molar-refractivity contribution in [1.82, 2.24) is 10.0 Å². The maximum absolute atomic E-state index is 11.9. The fourth-order valence-electron chi connectivity index (χ4n) is 2.33. The molecule has 0 saturated carbocycles. The van der Waals surface area contributed by atoms with Gasteiger partial charge in [-0.2, -0.15) is 0 Å². The molecule has 1 saturated heterocycles. The van der Waals surface area contributed by atoms with Gasteiger partial charge in [0.05, 0.1) is 5.75 Å². The summed E-state index contributed by atoms with van der Waals surface area (Å²) in [6.45, 7) is 1.39. The monoisotopic (exact) mass is 282 g/mol. The van der Waals surface area contributed by atoms with Gasteiger partial charge in [-0.15, -0.1) is 0 Å². The summed E-state index contributed by atoms with van der Waals surface area (Å²) in [7, 11) is -3.17. The molecule has 0 amide bonds. The second-order valence-corrected chi connectivity index (χ2v) is 6.99. The molecule has 1 aliphatic heterocycles. The molecule has 0 aliphatic carbocycles. The molecule has 0 aromatic heterocycles. The molecule has 106 valence electrons. The predicted molar refractivity (Wildman–Crippen MR) is 77.3 cm³/mol. The van der Waals surface area contributed by atoms with E-state index in [1.807, 2.05) is 30.3 Å². The summed E-state index contributed by atoms with van der Waals surface area (Å²) < 4.78 is 26.5. The Morgan fingerprint density at radius 2 is 2.00 bits per heavy atom. The molecule has 2 rings (SSSR count). The number of sulfonamides is 1. The highest BCUT2D eigenvalue weighted by Crippen LogP contribution is 2.11. The maximum atomic E-state index is 11.9. The Bertz CT molecular complexity index is 467. The van der Waals surface area contributed by atoms with E-state index in [2.05, 4.69) is 10.0 Å². The van der Waals surface area contributed by atoms with Gasteiger partial charge in [-0.05, 0) is 31.4 Å². The van der Waals surface area contributed by atoms with Gasteiger partial charge < -0.3 is 5.32 Å². The van der Waals surface area contributed by atoms with E-state index in [1.54, 1.807) is 0 Å². The fourth-order valence-corrected chi connectivity index (χ4v) is 3.45. The summed E-state index contributed by atoms with van der Waals surface area (Å²) in [5, 5.41) is 3.37. The van der Waals surface area contributed by atoms with Crippen molar-refractivity contribution in [2.45, 2.75) is 38.3 Å². The van der Waals surface area contributed by atoms with Crippen molar-refractivity contribution >= 4 is 10.0 Å². The smallest absolute Gasteiger partial charge is 0.211 e. The highest BCUT2D eigenvalue weighted by molar-refractivity contribution is 7.89. The minimum absolute atomic E-state index is 0.206. The first-order valence-corrected chi connectivity index (χ1v) is 8.55. The molecular formula is C14H22N2O2S. The second-order valence-electron chi connectivity index (χ2n) is 5.06. The first-order valence-electron chi connectivity index (χ1n) is 6.90. The zero-order valence-electron chi connectivity index (χ0n) is 11.1. The van der Waals surface area contributed by atoms with Crippen LogP contribution in [0.15, 0.2) is 30.3 Å². The van der Waals surface area contributed by atoms with Crippen LogP contribution >= 0.6 is 0 Å². The van der Waals surface area contributed by atoms with Crippen LogP contribution in [0.5, 0.6) is 0 Å². The average Bonchev–Trinajstić information content (AvgIpc) is 2.46. The van der Waals surface area contributed by atoms with Crippen LogP contribution in [0, 0.1) is 0 Å². The summed E-state index contributed by atoms with van der Waals surface area (Å²) >= 11 is 0. The van der Waals surface area contributed by atoms with Crippen LogP contribution in [0.4, 0.5) is 0 Å². The molecule has 0 bridgehead atoms. The quantitative estimate of drug-likeness (QED) is 0.834. The molecule has 1 unspecified atom stereocenters. The van der Waals surface area contributed by atoms with Crippen molar-refractivity contribution < 1.29 is 8.42 Å². The third kappa shape index (κ3) is 5.30. The van der Waals surface area contributed by atoms with E-state index < -0.39 is 10.0 Å². The Hall–Kier alpha value is -0.910. The molecular weight excluding hydrogens is 260 g/mol. The van der Waals surface area contributed by atoms with Crippen LogP contribution in [0.25, 0.3) is 0 Å². The van der Waals surface area contributed by atoms with E-state index in [-0.39, 0.29) is 5.75 Å². The Morgan fingerprint density at radius 3 is 2.68 bits per heavy atom. The molecule has 1 fully saturated rings. The van der Waals surface area contributed by atoms with Gasteiger partial charge in [-0.25, -0.2) is 13.1 Å². The first kappa shape index (κ1) is 14.5. The van der Waals surface area contributed by atoms with Crippen LogP contribution in [0.1, 0.15) is 31.2 Å². The van der Waals surface area contributed by atoms with Crippen LogP contribution in [0.3, 0.4) is 0 Å². The maximum Gasteiger partial charge on any atom is 0.211 e.